The number of aryl methyl sites for hydroxylation is 2. The molecule has 1 aromatic heterocycles. The van der Waals surface area contributed by atoms with Gasteiger partial charge in [-0.2, -0.15) is 5.10 Å². The van der Waals surface area contributed by atoms with Crippen LogP contribution < -0.4 is 11.1 Å². The van der Waals surface area contributed by atoms with Gasteiger partial charge in [-0.05, 0) is 50.9 Å². The van der Waals surface area contributed by atoms with Gasteiger partial charge in [0, 0.05) is 20.5 Å². The summed E-state index contributed by atoms with van der Waals surface area (Å²) >= 11 is 10.2. The molecule has 3 N–H and O–H groups in total. The maximum atomic E-state index is 12.4. The standard InChI is InChI=1S/C12H11Br3N4O/c1-5-9(16)11(19(2)18-5)12(20)17-10-7(14)3-6(13)4-8(10)15/h3-4H,16H2,1-2H3,(H,17,20). The molecule has 0 saturated heterocycles. The lowest BCUT2D eigenvalue weighted by Gasteiger charge is -2.11. The lowest BCUT2D eigenvalue weighted by Crippen LogP contribution is -2.18. The van der Waals surface area contributed by atoms with E-state index in [1.165, 1.54) is 4.68 Å². The summed E-state index contributed by atoms with van der Waals surface area (Å²) in [4.78, 5) is 12.4. The number of hydrogen-bond donors (Lipinski definition) is 2. The Hall–Kier alpha value is -0.860. The SMILES string of the molecule is Cc1nn(C)c(C(=O)Nc2c(Br)cc(Br)cc2Br)c1N. The Bertz CT molecular complexity index is 673. The van der Waals surface area contributed by atoms with E-state index in [-0.39, 0.29) is 5.91 Å². The van der Waals surface area contributed by atoms with Crippen LogP contribution in [0.1, 0.15) is 16.2 Å². The average Bonchev–Trinajstić information content (AvgIpc) is 2.58. The lowest BCUT2D eigenvalue weighted by molar-refractivity contribution is 0.101. The number of amides is 1. The molecule has 2 rings (SSSR count). The number of nitrogen functional groups attached to an aromatic ring is 1. The highest BCUT2D eigenvalue weighted by atomic mass is 79.9. The van der Waals surface area contributed by atoms with Crippen LogP contribution in [-0.2, 0) is 7.05 Å². The molecular weight excluding hydrogens is 456 g/mol. The minimum Gasteiger partial charge on any atom is -0.395 e. The quantitative estimate of drug-likeness (QED) is 0.706. The summed E-state index contributed by atoms with van der Waals surface area (Å²) in [5.41, 5.74) is 7.87. The third kappa shape index (κ3) is 2.91. The predicted molar refractivity (Wildman–Crippen MR) is 89.9 cm³/mol. The Morgan fingerprint density at radius 1 is 1.30 bits per heavy atom. The molecule has 0 radical (unpaired) electrons. The van der Waals surface area contributed by atoms with Gasteiger partial charge in [-0.3, -0.25) is 9.48 Å². The van der Waals surface area contributed by atoms with Gasteiger partial charge >= 0.3 is 0 Å². The number of carbonyl (C=O) groups excluding carboxylic acids is 1. The molecule has 0 bridgehead atoms. The van der Waals surface area contributed by atoms with E-state index in [1.54, 1.807) is 14.0 Å². The fraction of sp³-hybridized carbons (Fsp3) is 0.167. The molecule has 106 valence electrons. The molecule has 0 aliphatic carbocycles. The maximum Gasteiger partial charge on any atom is 0.276 e. The molecule has 0 atom stereocenters. The zero-order valence-corrected chi connectivity index (χ0v) is 15.4. The first kappa shape index (κ1) is 15.5. The molecule has 0 unspecified atom stereocenters. The van der Waals surface area contributed by atoms with Gasteiger partial charge in [0.05, 0.1) is 17.1 Å². The van der Waals surface area contributed by atoms with E-state index in [0.29, 0.717) is 22.8 Å². The normalized spacial score (nSPS) is 10.7. The summed E-state index contributed by atoms with van der Waals surface area (Å²) in [6, 6.07) is 3.69. The monoisotopic (exact) mass is 464 g/mol. The highest BCUT2D eigenvalue weighted by Gasteiger charge is 2.19. The van der Waals surface area contributed by atoms with E-state index < -0.39 is 0 Å². The Labute approximate surface area is 141 Å². The van der Waals surface area contributed by atoms with Gasteiger partial charge in [0.25, 0.3) is 5.91 Å². The maximum absolute atomic E-state index is 12.4. The van der Waals surface area contributed by atoms with Gasteiger partial charge in [-0.1, -0.05) is 15.9 Å². The number of carbonyl (C=O) groups is 1. The van der Waals surface area contributed by atoms with E-state index in [0.717, 1.165) is 13.4 Å². The second-order valence-corrected chi connectivity index (χ2v) is 6.79. The number of halogens is 3. The largest absolute Gasteiger partial charge is 0.395 e. The Morgan fingerprint density at radius 3 is 2.30 bits per heavy atom. The van der Waals surface area contributed by atoms with Crippen LogP contribution in [-0.4, -0.2) is 15.7 Å². The predicted octanol–water partition coefficient (Wildman–Crippen LogP) is 3.85. The van der Waals surface area contributed by atoms with Gasteiger partial charge in [-0.25, -0.2) is 0 Å². The van der Waals surface area contributed by atoms with Gasteiger partial charge < -0.3 is 11.1 Å². The van der Waals surface area contributed by atoms with Gasteiger partial charge in [0.15, 0.2) is 0 Å². The van der Waals surface area contributed by atoms with Gasteiger partial charge in [0.1, 0.15) is 5.69 Å². The molecule has 5 nitrogen and oxygen atoms in total. The molecular formula is C12H11Br3N4O. The minimum absolute atomic E-state index is 0.311. The highest BCUT2D eigenvalue weighted by Crippen LogP contribution is 2.34. The Kier molecular flexibility index (Phi) is 4.55. The molecule has 20 heavy (non-hydrogen) atoms. The summed E-state index contributed by atoms with van der Waals surface area (Å²) in [6.45, 7) is 1.76. The number of rotatable bonds is 2. The first-order valence-electron chi connectivity index (χ1n) is 5.56. The van der Waals surface area contributed by atoms with Gasteiger partial charge in [0.2, 0.25) is 0 Å². The number of aromatic nitrogens is 2. The van der Waals surface area contributed by atoms with Crippen LogP contribution in [0, 0.1) is 6.92 Å². The number of benzene rings is 1. The van der Waals surface area contributed by atoms with Crippen LogP contribution in [0.4, 0.5) is 11.4 Å². The van der Waals surface area contributed by atoms with Crippen LogP contribution in [0.15, 0.2) is 25.6 Å². The van der Waals surface area contributed by atoms with Crippen molar-refractivity contribution < 1.29 is 4.79 Å². The second kappa shape index (κ2) is 5.87. The molecule has 0 saturated carbocycles. The first-order valence-corrected chi connectivity index (χ1v) is 7.94. The number of nitrogens with zero attached hydrogens (tertiary/aromatic N) is 2. The molecule has 1 heterocycles. The highest BCUT2D eigenvalue weighted by molar-refractivity contribution is 9.11. The fourth-order valence-electron chi connectivity index (χ4n) is 1.78. The number of nitrogens with one attached hydrogen (secondary N) is 1. The Balaban J connectivity index is 2.38. The van der Waals surface area contributed by atoms with Crippen molar-refractivity contribution in [2.45, 2.75) is 6.92 Å². The summed E-state index contributed by atoms with van der Waals surface area (Å²) < 4.78 is 3.87. The van der Waals surface area contributed by atoms with Crippen molar-refractivity contribution in [3.8, 4) is 0 Å². The van der Waals surface area contributed by atoms with Crippen LogP contribution >= 0.6 is 47.8 Å². The topological polar surface area (TPSA) is 72.9 Å². The molecule has 8 heteroatoms. The number of nitrogens with two attached hydrogens (primary N) is 1. The molecule has 0 spiro atoms. The average molecular weight is 467 g/mol. The molecule has 2 aromatic rings. The second-order valence-electron chi connectivity index (χ2n) is 4.17. The van der Waals surface area contributed by atoms with Crippen LogP contribution in [0.25, 0.3) is 0 Å². The minimum atomic E-state index is -0.311. The smallest absolute Gasteiger partial charge is 0.276 e. The summed E-state index contributed by atoms with van der Waals surface area (Å²) in [7, 11) is 1.68. The van der Waals surface area contributed by atoms with Crippen LogP contribution in [0.5, 0.6) is 0 Å². The molecule has 1 aromatic carbocycles. The summed E-state index contributed by atoms with van der Waals surface area (Å²) in [5.74, 6) is -0.311. The van der Waals surface area contributed by atoms with E-state index in [2.05, 4.69) is 58.2 Å². The van der Waals surface area contributed by atoms with Crippen molar-refractivity contribution in [1.29, 1.82) is 0 Å². The number of anilines is 2. The van der Waals surface area contributed by atoms with Crippen molar-refractivity contribution in [3.05, 3.63) is 36.9 Å². The molecule has 0 aliphatic rings. The van der Waals surface area contributed by atoms with Crippen molar-refractivity contribution >= 4 is 65.1 Å². The third-order valence-electron chi connectivity index (χ3n) is 2.73. The van der Waals surface area contributed by atoms with Crippen molar-refractivity contribution in [1.82, 2.24) is 9.78 Å². The lowest BCUT2D eigenvalue weighted by atomic mass is 10.2. The Morgan fingerprint density at radius 2 is 1.85 bits per heavy atom. The molecule has 1 amide bonds. The van der Waals surface area contributed by atoms with Crippen molar-refractivity contribution in [2.24, 2.45) is 7.05 Å². The van der Waals surface area contributed by atoms with E-state index in [9.17, 15) is 4.79 Å². The number of hydrogen-bond acceptors (Lipinski definition) is 3. The summed E-state index contributed by atoms with van der Waals surface area (Å²) in [6.07, 6.45) is 0. The molecule has 0 fully saturated rings. The molecule has 0 aliphatic heterocycles. The van der Waals surface area contributed by atoms with Crippen LogP contribution in [0.3, 0.4) is 0 Å². The van der Waals surface area contributed by atoms with E-state index >= 15 is 0 Å². The van der Waals surface area contributed by atoms with Gasteiger partial charge in [-0.15, -0.1) is 0 Å². The van der Waals surface area contributed by atoms with Crippen LogP contribution in [0.2, 0.25) is 0 Å². The zero-order chi connectivity index (χ0) is 15.0. The van der Waals surface area contributed by atoms with E-state index in [4.69, 9.17) is 5.73 Å². The first-order chi connectivity index (χ1) is 9.31. The summed E-state index contributed by atoms with van der Waals surface area (Å²) in [5, 5.41) is 6.95. The van der Waals surface area contributed by atoms with E-state index in [1.807, 2.05) is 12.1 Å². The van der Waals surface area contributed by atoms with Crippen molar-refractivity contribution in [3.63, 3.8) is 0 Å². The van der Waals surface area contributed by atoms with Crippen molar-refractivity contribution in [2.75, 3.05) is 11.1 Å². The fourth-order valence-corrected chi connectivity index (χ4v) is 4.24. The third-order valence-corrected chi connectivity index (χ3v) is 4.44. The zero-order valence-electron chi connectivity index (χ0n) is 10.7.